The molecule has 0 N–H and O–H groups in total. The SMILES string of the molecule is CCOC(=O)c1ccc(Oc2nccn(C)c2=O)cc1. The van der Waals surface area contributed by atoms with E-state index in [9.17, 15) is 9.59 Å². The van der Waals surface area contributed by atoms with Crippen LogP contribution in [-0.2, 0) is 11.8 Å². The lowest BCUT2D eigenvalue weighted by Gasteiger charge is -2.06. The Morgan fingerprint density at radius 3 is 2.65 bits per heavy atom. The van der Waals surface area contributed by atoms with Crippen molar-refractivity contribution in [3.8, 4) is 11.6 Å². The molecule has 0 unspecified atom stereocenters. The number of benzene rings is 1. The second kappa shape index (κ2) is 6.01. The molecule has 0 aliphatic rings. The Bertz CT molecular complexity index is 662. The van der Waals surface area contributed by atoms with Crippen LogP contribution in [-0.4, -0.2) is 22.1 Å². The van der Waals surface area contributed by atoms with Crippen molar-refractivity contribution in [2.75, 3.05) is 6.61 Å². The number of aromatic nitrogens is 2. The van der Waals surface area contributed by atoms with Gasteiger partial charge in [0.1, 0.15) is 5.75 Å². The van der Waals surface area contributed by atoms with Crippen molar-refractivity contribution in [1.82, 2.24) is 9.55 Å². The fourth-order valence-corrected chi connectivity index (χ4v) is 1.53. The molecule has 0 bridgehead atoms. The maximum atomic E-state index is 11.7. The summed E-state index contributed by atoms with van der Waals surface area (Å²) in [7, 11) is 1.61. The molecule has 0 saturated carbocycles. The molecule has 0 amide bonds. The largest absolute Gasteiger partial charge is 0.462 e. The number of rotatable bonds is 4. The lowest BCUT2D eigenvalue weighted by molar-refractivity contribution is 0.0526. The summed E-state index contributed by atoms with van der Waals surface area (Å²) in [5, 5.41) is 0. The molecule has 1 heterocycles. The van der Waals surface area contributed by atoms with Crippen LogP contribution < -0.4 is 10.3 Å². The number of nitrogens with zero attached hydrogens (tertiary/aromatic N) is 2. The van der Waals surface area contributed by atoms with Crippen LogP contribution in [0.2, 0.25) is 0 Å². The van der Waals surface area contributed by atoms with Crippen LogP contribution in [0.15, 0.2) is 41.5 Å². The first-order valence-electron chi connectivity index (χ1n) is 6.08. The molecule has 0 atom stereocenters. The van der Waals surface area contributed by atoms with Crippen LogP contribution in [0, 0.1) is 0 Å². The first kappa shape index (κ1) is 13.8. The summed E-state index contributed by atoms with van der Waals surface area (Å²) in [6, 6.07) is 6.31. The molecule has 0 spiro atoms. The van der Waals surface area contributed by atoms with E-state index in [-0.39, 0.29) is 11.4 Å². The second-order valence-corrected chi connectivity index (χ2v) is 4.00. The Kier molecular flexibility index (Phi) is 4.14. The molecule has 6 heteroatoms. The predicted octanol–water partition coefficient (Wildman–Crippen LogP) is 1.75. The van der Waals surface area contributed by atoms with Crippen molar-refractivity contribution in [3.63, 3.8) is 0 Å². The normalized spacial score (nSPS) is 10.1. The van der Waals surface area contributed by atoms with E-state index < -0.39 is 5.97 Å². The molecule has 104 valence electrons. The summed E-state index contributed by atoms with van der Waals surface area (Å²) < 4.78 is 11.6. The molecule has 0 aliphatic carbocycles. The first-order chi connectivity index (χ1) is 9.61. The summed E-state index contributed by atoms with van der Waals surface area (Å²) in [5.41, 5.74) is 0.0927. The van der Waals surface area contributed by atoms with Gasteiger partial charge in [0.2, 0.25) is 0 Å². The van der Waals surface area contributed by atoms with Gasteiger partial charge in [-0.2, -0.15) is 0 Å². The number of esters is 1. The highest BCUT2D eigenvalue weighted by Gasteiger charge is 2.08. The lowest BCUT2D eigenvalue weighted by atomic mass is 10.2. The monoisotopic (exact) mass is 274 g/mol. The molecular weight excluding hydrogens is 260 g/mol. The summed E-state index contributed by atoms with van der Waals surface area (Å²) in [4.78, 5) is 27.1. The van der Waals surface area contributed by atoms with Crippen molar-refractivity contribution >= 4 is 5.97 Å². The minimum absolute atomic E-state index is 0.0149. The quantitative estimate of drug-likeness (QED) is 0.794. The first-order valence-corrected chi connectivity index (χ1v) is 6.08. The summed E-state index contributed by atoms with van der Waals surface area (Å²) in [6.07, 6.45) is 3.02. The molecule has 0 aliphatic heterocycles. The third-order valence-corrected chi connectivity index (χ3v) is 2.57. The average Bonchev–Trinajstić information content (AvgIpc) is 2.45. The van der Waals surface area contributed by atoms with Gasteiger partial charge in [0, 0.05) is 19.4 Å². The summed E-state index contributed by atoms with van der Waals surface area (Å²) in [5.74, 6) is 0.0144. The Morgan fingerprint density at radius 1 is 1.30 bits per heavy atom. The lowest BCUT2D eigenvalue weighted by Crippen LogP contribution is -2.18. The third kappa shape index (κ3) is 3.03. The average molecular weight is 274 g/mol. The van der Waals surface area contributed by atoms with Crippen LogP contribution in [0.3, 0.4) is 0 Å². The van der Waals surface area contributed by atoms with Crippen LogP contribution in [0.4, 0.5) is 0 Å². The number of hydrogen-bond acceptors (Lipinski definition) is 5. The van der Waals surface area contributed by atoms with E-state index in [1.165, 1.54) is 10.8 Å². The van der Waals surface area contributed by atoms with E-state index in [0.717, 1.165) is 0 Å². The van der Waals surface area contributed by atoms with E-state index in [4.69, 9.17) is 9.47 Å². The Balaban J connectivity index is 2.17. The Labute approximate surface area is 115 Å². The number of carbonyl (C=O) groups is 1. The zero-order chi connectivity index (χ0) is 14.5. The second-order valence-electron chi connectivity index (χ2n) is 4.00. The molecule has 0 saturated heterocycles. The highest BCUT2D eigenvalue weighted by Crippen LogP contribution is 2.17. The number of hydrogen-bond donors (Lipinski definition) is 0. The van der Waals surface area contributed by atoms with Gasteiger partial charge in [0.15, 0.2) is 0 Å². The smallest absolute Gasteiger partial charge is 0.338 e. The molecule has 20 heavy (non-hydrogen) atoms. The topological polar surface area (TPSA) is 70.4 Å². The molecule has 0 radical (unpaired) electrons. The van der Waals surface area contributed by atoms with Gasteiger partial charge in [-0.25, -0.2) is 9.78 Å². The van der Waals surface area contributed by atoms with E-state index in [2.05, 4.69) is 4.98 Å². The van der Waals surface area contributed by atoms with Crippen LogP contribution in [0.5, 0.6) is 11.6 Å². The van der Waals surface area contributed by atoms with Gasteiger partial charge in [0.25, 0.3) is 5.88 Å². The fraction of sp³-hybridized carbons (Fsp3) is 0.214. The molecule has 6 nitrogen and oxygen atoms in total. The molecule has 0 fully saturated rings. The maximum absolute atomic E-state index is 11.7. The van der Waals surface area contributed by atoms with Crippen LogP contribution in [0.1, 0.15) is 17.3 Å². The van der Waals surface area contributed by atoms with E-state index in [1.807, 2.05) is 0 Å². The highest BCUT2D eigenvalue weighted by atomic mass is 16.5. The summed E-state index contributed by atoms with van der Waals surface area (Å²) in [6.45, 7) is 2.06. The van der Waals surface area contributed by atoms with Crippen molar-refractivity contribution in [1.29, 1.82) is 0 Å². The van der Waals surface area contributed by atoms with E-state index >= 15 is 0 Å². The predicted molar refractivity (Wildman–Crippen MR) is 72.0 cm³/mol. The Morgan fingerprint density at radius 2 is 2.00 bits per heavy atom. The molecule has 1 aromatic carbocycles. The van der Waals surface area contributed by atoms with Crippen molar-refractivity contribution in [2.45, 2.75) is 6.92 Å². The minimum atomic E-state index is -0.396. The molecule has 2 rings (SSSR count). The summed E-state index contributed by atoms with van der Waals surface area (Å²) >= 11 is 0. The van der Waals surface area contributed by atoms with Crippen LogP contribution in [0.25, 0.3) is 0 Å². The zero-order valence-corrected chi connectivity index (χ0v) is 11.2. The van der Waals surface area contributed by atoms with Gasteiger partial charge in [-0.3, -0.25) is 4.79 Å². The fourth-order valence-electron chi connectivity index (χ4n) is 1.53. The number of aryl methyl sites for hydroxylation is 1. The number of carbonyl (C=O) groups excluding carboxylic acids is 1. The standard InChI is InChI=1S/C14H14N2O4/c1-3-19-14(18)10-4-6-11(7-5-10)20-12-13(17)16(2)9-8-15-12/h4-9H,3H2,1-2H3. The molecular formula is C14H14N2O4. The van der Waals surface area contributed by atoms with Gasteiger partial charge in [-0.1, -0.05) is 0 Å². The van der Waals surface area contributed by atoms with Crippen molar-refractivity contribution in [3.05, 3.63) is 52.6 Å². The maximum Gasteiger partial charge on any atom is 0.338 e. The van der Waals surface area contributed by atoms with Gasteiger partial charge >= 0.3 is 11.5 Å². The minimum Gasteiger partial charge on any atom is -0.462 e. The number of ether oxygens (including phenoxy) is 2. The highest BCUT2D eigenvalue weighted by molar-refractivity contribution is 5.89. The van der Waals surface area contributed by atoms with Gasteiger partial charge < -0.3 is 14.0 Å². The molecule has 1 aromatic heterocycles. The third-order valence-electron chi connectivity index (χ3n) is 2.57. The molecule has 2 aromatic rings. The van der Waals surface area contributed by atoms with Crippen molar-refractivity contribution < 1.29 is 14.3 Å². The van der Waals surface area contributed by atoms with Crippen LogP contribution >= 0.6 is 0 Å². The van der Waals surface area contributed by atoms with Gasteiger partial charge in [-0.15, -0.1) is 0 Å². The van der Waals surface area contributed by atoms with Gasteiger partial charge in [-0.05, 0) is 31.2 Å². The van der Waals surface area contributed by atoms with Crippen molar-refractivity contribution in [2.24, 2.45) is 7.05 Å². The van der Waals surface area contributed by atoms with Gasteiger partial charge in [0.05, 0.1) is 12.2 Å². The van der Waals surface area contributed by atoms with E-state index in [0.29, 0.717) is 17.9 Å². The van der Waals surface area contributed by atoms with E-state index in [1.54, 1.807) is 44.4 Å². The Hall–Kier alpha value is -2.63. The zero-order valence-electron chi connectivity index (χ0n) is 11.2.